The van der Waals surface area contributed by atoms with Crippen molar-refractivity contribution in [2.75, 3.05) is 26.8 Å². The number of unbranched alkanes of at least 4 members (excludes halogenated alkanes) is 3. The van der Waals surface area contributed by atoms with Gasteiger partial charge in [0, 0.05) is 19.4 Å². The van der Waals surface area contributed by atoms with Crippen molar-refractivity contribution < 1.29 is 82.4 Å². The summed E-state index contributed by atoms with van der Waals surface area (Å²) >= 11 is 0. The Morgan fingerprint density at radius 2 is 1.30 bits per heavy atom. The molecule has 6 amide bonds. The van der Waals surface area contributed by atoms with Gasteiger partial charge in [-0.05, 0) is 74.3 Å². The van der Waals surface area contributed by atoms with E-state index in [1.54, 1.807) is 81.4 Å². The number of methoxy groups -OCH3 is 1. The lowest BCUT2D eigenvalue weighted by molar-refractivity contribution is -0.291. The summed E-state index contributed by atoms with van der Waals surface area (Å²) in [5.74, 6) is -5.28. The van der Waals surface area contributed by atoms with Crippen molar-refractivity contribution in [1.29, 1.82) is 0 Å². The highest BCUT2D eigenvalue weighted by Crippen LogP contribution is 2.64. The summed E-state index contributed by atoms with van der Waals surface area (Å²) < 4.78 is 34.9. The van der Waals surface area contributed by atoms with Crippen LogP contribution in [0.4, 0.5) is 4.79 Å². The zero-order chi connectivity index (χ0) is 57.8. The number of amides is 6. The highest BCUT2D eigenvalue weighted by atomic mass is 16.7. The first kappa shape index (κ1) is 62.6. The SMILES string of the molecule is CCCCCCO[C@@H]1O[C@H](C(=O)NCC(=O)OC)[C@@H](O)[C@H](O)[C@H]1NCC(=O)N[C@H](Cc1ccccc1)C(=O)NC(=O)[C@H]1O[C@@H](OC2C3(C)CCC(C3)C2(C)C)[C@H](NC(=O)[C@@H](Cc2ccccc2)NC(=O)OC(C)(C)C)[C@@H](O)[C@@H]1O. The number of alkyl carbamates (subject to hydrolysis) is 1. The fourth-order valence-electron chi connectivity index (χ4n) is 11.1. The Kier molecular flexibility index (Phi) is 21.9. The van der Waals surface area contributed by atoms with Gasteiger partial charge < -0.3 is 70.1 Å². The number of nitrogens with one attached hydrogen (secondary N) is 6. The van der Waals surface area contributed by atoms with Crippen LogP contribution in [0.1, 0.15) is 105 Å². The van der Waals surface area contributed by atoms with Gasteiger partial charge in [0.1, 0.15) is 54.7 Å². The molecule has 15 atom stereocenters. The molecule has 0 radical (unpaired) electrons. The van der Waals surface area contributed by atoms with Gasteiger partial charge in [-0.15, -0.1) is 0 Å². The second-order valence-electron chi connectivity index (χ2n) is 23.0. The maximum absolute atomic E-state index is 14.4. The molecule has 6 rings (SSSR count). The van der Waals surface area contributed by atoms with Crippen LogP contribution >= 0.6 is 0 Å². The molecule has 2 aromatic rings. The maximum atomic E-state index is 14.4. The number of ether oxygens (including phenoxy) is 6. The maximum Gasteiger partial charge on any atom is 0.408 e. The molecule has 4 aliphatic rings. The molecule has 2 saturated carbocycles. The molecule has 0 aromatic heterocycles. The molecule has 2 aliphatic carbocycles. The number of imide groups is 1. The van der Waals surface area contributed by atoms with Gasteiger partial charge in [-0.2, -0.15) is 0 Å². The summed E-state index contributed by atoms with van der Waals surface area (Å²) in [4.78, 5) is 94.7. The van der Waals surface area contributed by atoms with Crippen molar-refractivity contribution in [1.82, 2.24) is 31.9 Å². The van der Waals surface area contributed by atoms with E-state index in [2.05, 4.69) is 57.4 Å². The van der Waals surface area contributed by atoms with Gasteiger partial charge in [0.15, 0.2) is 24.8 Å². The van der Waals surface area contributed by atoms with E-state index in [9.17, 15) is 54.0 Å². The monoisotopic (exact) mass is 1110 g/mol. The van der Waals surface area contributed by atoms with Crippen LogP contribution in [0.3, 0.4) is 0 Å². The largest absolute Gasteiger partial charge is 0.468 e. The van der Waals surface area contributed by atoms with Gasteiger partial charge in [-0.25, -0.2) is 4.79 Å². The van der Waals surface area contributed by atoms with Crippen molar-refractivity contribution >= 4 is 41.6 Å². The number of benzene rings is 2. The first-order chi connectivity index (χ1) is 37.3. The summed E-state index contributed by atoms with van der Waals surface area (Å²) in [6.45, 7) is 12.2. The summed E-state index contributed by atoms with van der Waals surface area (Å²) in [5.41, 5.74) is -0.441. The fourth-order valence-corrected chi connectivity index (χ4v) is 11.1. The highest BCUT2D eigenvalue weighted by Gasteiger charge is 2.62. The second-order valence-corrected chi connectivity index (χ2v) is 23.0. The molecule has 438 valence electrons. The number of carbonyl (C=O) groups excluding carboxylic acids is 7. The highest BCUT2D eigenvalue weighted by molar-refractivity contribution is 6.01. The van der Waals surface area contributed by atoms with Crippen LogP contribution in [0.15, 0.2) is 60.7 Å². The van der Waals surface area contributed by atoms with E-state index in [0.717, 1.165) is 45.6 Å². The normalized spacial score (nSPS) is 29.8. The number of esters is 1. The molecule has 4 fully saturated rings. The average molecular weight is 1110 g/mol. The van der Waals surface area contributed by atoms with Gasteiger partial charge in [-0.3, -0.25) is 39.4 Å². The van der Waals surface area contributed by atoms with E-state index in [1.807, 2.05) is 6.92 Å². The van der Waals surface area contributed by atoms with Crippen molar-refractivity contribution in [3.8, 4) is 0 Å². The number of aliphatic hydroxyl groups excluding tert-OH is 4. The lowest BCUT2D eigenvalue weighted by atomic mass is 9.70. The predicted molar refractivity (Wildman–Crippen MR) is 283 cm³/mol. The first-order valence-electron chi connectivity index (χ1n) is 27.3. The lowest BCUT2D eigenvalue weighted by Gasteiger charge is -2.48. The molecular weight excluding hydrogens is 1030 g/mol. The van der Waals surface area contributed by atoms with Gasteiger partial charge >= 0.3 is 12.1 Å². The molecule has 2 bridgehead atoms. The Morgan fingerprint density at radius 1 is 0.722 bits per heavy atom. The van der Waals surface area contributed by atoms with Crippen LogP contribution in [-0.4, -0.2) is 174 Å². The Labute approximate surface area is 461 Å². The standard InChI is InChI=1S/C56H82N6O17/c1-9-10-11-18-25-75-50-38(40(65)42(67)44(76-50)48(71)58-30-37(64)74-8)57-29-36(63)59-34(26-31-19-14-12-15-20-31)47(70)62-49(72)45-43(68)41(66)39(51(77-45)78-52-55(5,6)33-23-24-56(52,7)28-33)61-46(69)35(27-32-21-16-13-17-22-32)60-53(73)79-54(2,3)4/h12-17,19-22,33-35,38-45,50-52,57,65-68H,9-11,18,23-30H2,1-8H3,(H,58,71)(H,59,63)(H,60,73)(H,61,69)(H,62,70,72)/t33?,34-,35-,38-,39-,40-,41-,42+,43+,44+,45+,50-,51+,52?,56?/m1/s1. The topological polar surface area (TPSA) is 328 Å². The molecule has 2 heterocycles. The Morgan fingerprint density at radius 3 is 1.87 bits per heavy atom. The van der Waals surface area contributed by atoms with Crippen molar-refractivity contribution in [2.24, 2.45) is 16.7 Å². The number of fused-ring (bicyclic) bond motifs is 2. The molecule has 2 saturated heterocycles. The molecule has 2 aromatic carbocycles. The van der Waals surface area contributed by atoms with Crippen molar-refractivity contribution in [3.63, 3.8) is 0 Å². The number of hydrogen-bond donors (Lipinski definition) is 10. The van der Waals surface area contributed by atoms with E-state index in [1.165, 1.54) is 0 Å². The Bertz CT molecular complexity index is 2390. The minimum absolute atomic E-state index is 0.00145. The third-order valence-electron chi connectivity index (χ3n) is 15.3. The molecule has 10 N–H and O–H groups in total. The third kappa shape index (κ3) is 16.5. The minimum Gasteiger partial charge on any atom is -0.468 e. The Hall–Kier alpha value is -5.63. The van der Waals surface area contributed by atoms with E-state index in [4.69, 9.17) is 23.7 Å². The minimum atomic E-state index is -2.07. The Balaban J connectivity index is 1.20. The smallest absolute Gasteiger partial charge is 0.408 e. The summed E-state index contributed by atoms with van der Waals surface area (Å²) in [6, 6.07) is 11.9. The predicted octanol–water partition coefficient (Wildman–Crippen LogP) is 0.947. The third-order valence-corrected chi connectivity index (χ3v) is 15.3. The average Bonchev–Trinajstić information content (AvgIpc) is 4.16. The van der Waals surface area contributed by atoms with Crippen LogP contribution in [0.5, 0.6) is 0 Å². The lowest BCUT2D eigenvalue weighted by Crippen LogP contribution is -2.69. The zero-order valence-electron chi connectivity index (χ0n) is 46.4. The summed E-state index contributed by atoms with van der Waals surface area (Å²) in [6.07, 6.45) is -9.97. The molecule has 79 heavy (non-hydrogen) atoms. The van der Waals surface area contributed by atoms with Crippen LogP contribution in [0, 0.1) is 16.7 Å². The van der Waals surface area contributed by atoms with E-state index in [-0.39, 0.29) is 30.8 Å². The van der Waals surface area contributed by atoms with Crippen LogP contribution in [-0.2, 0) is 70.0 Å². The fraction of sp³-hybridized carbons (Fsp3) is 0.661. The molecule has 0 spiro atoms. The zero-order valence-corrected chi connectivity index (χ0v) is 46.4. The van der Waals surface area contributed by atoms with Gasteiger partial charge in [0.2, 0.25) is 17.7 Å². The number of carbonyl (C=O) groups is 7. The first-order valence-corrected chi connectivity index (χ1v) is 27.3. The van der Waals surface area contributed by atoms with E-state index in [0.29, 0.717) is 17.5 Å². The molecule has 3 unspecified atom stereocenters. The summed E-state index contributed by atoms with van der Waals surface area (Å²) in [5, 5.41) is 61.4. The number of aliphatic hydroxyl groups is 4. The molecule has 2 aliphatic heterocycles. The van der Waals surface area contributed by atoms with Gasteiger partial charge in [0.25, 0.3) is 11.8 Å². The van der Waals surface area contributed by atoms with E-state index >= 15 is 0 Å². The van der Waals surface area contributed by atoms with E-state index < -0.39 is 145 Å². The van der Waals surface area contributed by atoms with Crippen LogP contribution in [0.25, 0.3) is 0 Å². The second kappa shape index (κ2) is 27.7. The molecule has 23 heteroatoms. The quantitative estimate of drug-likeness (QED) is 0.0517. The summed E-state index contributed by atoms with van der Waals surface area (Å²) in [7, 11) is 1.13. The van der Waals surface area contributed by atoms with Crippen molar-refractivity contribution in [3.05, 3.63) is 71.8 Å². The van der Waals surface area contributed by atoms with Crippen LogP contribution in [0.2, 0.25) is 0 Å². The van der Waals surface area contributed by atoms with Gasteiger partial charge in [0.05, 0.1) is 25.8 Å². The molecule has 23 nitrogen and oxygen atoms in total. The van der Waals surface area contributed by atoms with Crippen molar-refractivity contribution in [2.45, 2.75) is 191 Å². The molecular formula is C56H82N6O17. The van der Waals surface area contributed by atoms with Gasteiger partial charge in [-0.1, -0.05) is 108 Å². The number of rotatable bonds is 24. The number of hydrogen-bond acceptors (Lipinski definition) is 18. The van der Waals surface area contributed by atoms with Crippen LogP contribution < -0.4 is 31.9 Å².